The molecule has 0 radical (unpaired) electrons. The Balaban J connectivity index is 1.79. The summed E-state index contributed by atoms with van der Waals surface area (Å²) in [6.45, 7) is 1.74. The van der Waals surface area contributed by atoms with Crippen molar-refractivity contribution in [3.05, 3.63) is 70.1 Å². The highest BCUT2D eigenvalue weighted by molar-refractivity contribution is 9.10. The van der Waals surface area contributed by atoms with E-state index in [2.05, 4.69) is 31.4 Å². The van der Waals surface area contributed by atoms with Gasteiger partial charge < -0.3 is 5.32 Å². The van der Waals surface area contributed by atoms with Crippen molar-refractivity contribution >= 4 is 27.5 Å². The molecule has 1 aromatic heterocycles. The second-order valence-corrected chi connectivity index (χ2v) is 6.00. The van der Waals surface area contributed by atoms with Gasteiger partial charge in [0.05, 0.1) is 5.69 Å². The average molecular weight is 374 g/mol. The summed E-state index contributed by atoms with van der Waals surface area (Å²) in [7, 11) is 0. The fourth-order valence-electron chi connectivity index (χ4n) is 2.16. The predicted octanol–water partition coefficient (Wildman–Crippen LogP) is 4.54. The summed E-state index contributed by atoms with van der Waals surface area (Å²) in [5, 5.41) is 9.62. The van der Waals surface area contributed by atoms with Crippen LogP contribution in [0, 0.1) is 12.7 Å². The number of halogens is 2. The molecular weight excluding hydrogens is 361 g/mol. The van der Waals surface area contributed by atoms with Crippen LogP contribution in [-0.2, 0) is 0 Å². The van der Waals surface area contributed by atoms with Crippen LogP contribution in [-0.4, -0.2) is 16.1 Å². The standard InChI is InChI=1S/C17H13BrFN3O/c1-10-8-13(19)6-7-14(10)20-17(23)16-9-15(21-22-16)11-2-4-12(18)5-3-11/h2-9H,1H3,(H,20,23)(H,21,22). The van der Waals surface area contributed by atoms with Gasteiger partial charge in [-0.25, -0.2) is 4.39 Å². The van der Waals surface area contributed by atoms with Crippen LogP contribution in [0.4, 0.5) is 10.1 Å². The molecule has 0 atom stereocenters. The smallest absolute Gasteiger partial charge is 0.273 e. The quantitative estimate of drug-likeness (QED) is 0.707. The van der Waals surface area contributed by atoms with Gasteiger partial charge in [0.25, 0.3) is 5.91 Å². The number of amides is 1. The number of rotatable bonds is 3. The van der Waals surface area contributed by atoms with Crippen molar-refractivity contribution in [2.45, 2.75) is 6.92 Å². The lowest BCUT2D eigenvalue weighted by Crippen LogP contribution is -2.13. The van der Waals surface area contributed by atoms with E-state index in [4.69, 9.17) is 0 Å². The van der Waals surface area contributed by atoms with Crippen molar-refractivity contribution in [1.29, 1.82) is 0 Å². The largest absolute Gasteiger partial charge is 0.320 e. The number of hydrogen-bond acceptors (Lipinski definition) is 2. The minimum absolute atomic E-state index is 0.324. The van der Waals surface area contributed by atoms with Crippen LogP contribution in [0.15, 0.2) is 53.0 Å². The van der Waals surface area contributed by atoms with Crippen LogP contribution in [0.1, 0.15) is 16.1 Å². The molecule has 0 aliphatic carbocycles. The normalized spacial score (nSPS) is 10.6. The van der Waals surface area contributed by atoms with Crippen molar-refractivity contribution in [1.82, 2.24) is 10.2 Å². The van der Waals surface area contributed by atoms with Crippen LogP contribution in [0.5, 0.6) is 0 Å². The Morgan fingerprint density at radius 3 is 2.61 bits per heavy atom. The van der Waals surface area contributed by atoms with E-state index in [1.165, 1.54) is 18.2 Å². The van der Waals surface area contributed by atoms with Crippen LogP contribution in [0.3, 0.4) is 0 Å². The van der Waals surface area contributed by atoms with Gasteiger partial charge in [-0.3, -0.25) is 9.89 Å². The second kappa shape index (κ2) is 6.34. The Morgan fingerprint density at radius 2 is 1.91 bits per heavy atom. The van der Waals surface area contributed by atoms with E-state index in [0.29, 0.717) is 22.6 Å². The summed E-state index contributed by atoms with van der Waals surface area (Å²) in [6.07, 6.45) is 0. The maximum Gasteiger partial charge on any atom is 0.273 e. The molecule has 2 aromatic carbocycles. The Hall–Kier alpha value is -2.47. The van der Waals surface area contributed by atoms with E-state index in [1.54, 1.807) is 13.0 Å². The Kier molecular flexibility index (Phi) is 4.25. The molecule has 1 heterocycles. The third-order valence-electron chi connectivity index (χ3n) is 3.40. The summed E-state index contributed by atoms with van der Waals surface area (Å²) >= 11 is 3.38. The third kappa shape index (κ3) is 3.48. The van der Waals surface area contributed by atoms with Crippen molar-refractivity contribution in [3.63, 3.8) is 0 Å². The fourth-order valence-corrected chi connectivity index (χ4v) is 2.43. The van der Waals surface area contributed by atoms with Gasteiger partial charge >= 0.3 is 0 Å². The van der Waals surface area contributed by atoms with Gasteiger partial charge in [-0.1, -0.05) is 28.1 Å². The SMILES string of the molecule is Cc1cc(F)ccc1NC(=O)c1cc(-c2ccc(Br)cc2)n[nH]1. The number of nitrogens with zero attached hydrogens (tertiary/aromatic N) is 1. The fraction of sp³-hybridized carbons (Fsp3) is 0.0588. The molecule has 0 saturated heterocycles. The number of nitrogens with one attached hydrogen (secondary N) is 2. The first-order valence-corrected chi connectivity index (χ1v) is 7.71. The number of carbonyl (C=O) groups excluding carboxylic acids is 1. The van der Waals surface area contributed by atoms with Gasteiger partial charge in [-0.05, 0) is 48.9 Å². The maximum absolute atomic E-state index is 13.1. The number of aryl methyl sites for hydroxylation is 1. The highest BCUT2D eigenvalue weighted by atomic mass is 79.9. The topological polar surface area (TPSA) is 57.8 Å². The molecule has 3 aromatic rings. The zero-order valence-corrected chi connectivity index (χ0v) is 13.8. The van der Waals surface area contributed by atoms with E-state index < -0.39 is 0 Å². The molecule has 0 unspecified atom stereocenters. The summed E-state index contributed by atoms with van der Waals surface area (Å²) in [4.78, 5) is 12.3. The van der Waals surface area contributed by atoms with Gasteiger partial charge in [-0.2, -0.15) is 5.10 Å². The highest BCUT2D eigenvalue weighted by Gasteiger charge is 2.12. The number of aromatic nitrogens is 2. The van der Waals surface area contributed by atoms with E-state index in [-0.39, 0.29) is 11.7 Å². The molecule has 2 N–H and O–H groups in total. The minimum atomic E-state index is -0.334. The molecule has 0 bridgehead atoms. The first-order chi connectivity index (χ1) is 11.0. The van der Waals surface area contributed by atoms with Gasteiger partial charge in [0, 0.05) is 15.7 Å². The first kappa shape index (κ1) is 15.4. The van der Waals surface area contributed by atoms with Crippen LogP contribution < -0.4 is 5.32 Å². The number of carbonyl (C=O) groups is 1. The van der Waals surface area contributed by atoms with Crippen LogP contribution in [0.25, 0.3) is 11.3 Å². The lowest BCUT2D eigenvalue weighted by atomic mass is 10.1. The second-order valence-electron chi connectivity index (χ2n) is 5.09. The number of anilines is 1. The predicted molar refractivity (Wildman–Crippen MR) is 90.8 cm³/mol. The molecular formula is C17H13BrFN3O. The van der Waals surface area contributed by atoms with Crippen molar-refractivity contribution in [2.24, 2.45) is 0 Å². The molecule has 4 nitrogen and oxygen atoms in total. The first-order valence-electron chi connectivity index (χ1n) is 6.92. The number of benzene rings is 2. The molecule has 23 heavy (non-hydrogen) atoms. The summed E-state index contributed by atoms with van der Waals surface area (Å²) in [6, 6.07) is 13.5. The lowest BCUT2D eigenvalue weighted by molar-refractivity contribution is 0.102. The number of hydrogen-bond donors (Lipinski definition) is 2. The molecule has 0 aliphatic rings. The summed E-state index contributed by atoms with van der Waals surface area (Å²) in [5.74, 6) is -0.657. The zero-order valence-electron chi connectivity index (χ0n) is 12.2. The van der Waals surface area contributed by atoms with E-state index in [1.807, 2.05) is 24.3 Å². The molecule has 0 fully saturated rings. The van der Waals surface area contributed by atoms with E-state index in [0.717, 1.165) is 10.0 Å². The van der Waals surface area contributed by atoms with Gasteiger partial charge in [0.2, 0.25) is 0 Å². The van der Waals surface area contributed by atoms with E-state index in [9.17, 15) is 9.18 Å². The monoisotopic (exact) mass is 373 g/mol. The highest BCUT2D eigenvalue weighted by Crippen LogP contribution is 2.21. The molecule has 1 amide bonds. The molecule has 0 aliphatic heterocycles. The van der Waals surface area contributed by atoms with Gasteiger partial charge in [0.15, 0.2) is 0 Å². The van der Waals surface area contributed by atoms with Crippen molar-refractivity contribution < 1.29 is 9.18 Å². The Bertz CT molecular complexity index is 859. The van der Waals surface area contributed by atoms with E-state index >= 15 is 0 Å². The number of aromatic amines is 1. The van der Waals surface area contributed by atoms with Crippen molar-refractivity contribution in [3.8, 4) is 11.3 Å². The van der Waals surface area contributed by atoms with Crippen LogP contribution in [0.2, 0.25) is 0 Å². The minimum Gasteiger partial charge on any atom is -0.320 e. The van der Waals surface area contributed by atoms with Crippen LogP contribution >= 0.6 is 15.9 Å². The third-order valence-corrected chi connectivity index (χ3v) is 3.93. The molecule has 3 rings (SSSR count). The van der Waals surface area contributed by atoms with Gasteiger partial charge in [0.1, 0.15) is 11.5 Å². The Morgan fingerprint density at radius 1 is 1.17 bits per heavy atom. The average Bonchev–Trinajstić information content (AvgIpc) is 3.01. The molecule has 0 saturated carbocycles. The Labute approximate surface area is 140 Å². The summed E-state index contributed by atoms with van der Waals surface area (Å²) < 4.78 is 14.1. The number of H-pyrrole nitrogens is 1. The molecule has 0 spiro atoms. The van der Waals surface area contributed by atoms with Gasteiger partial charge in [-0.15, -0.1) is 0 Å². The maximum atomic E-state index is 13.1. The van der Waals surface area contributed by atoms with Crippen molar-refractivity contribution in [2.75, 3.05) is 5.32 Å². The zero-order chi connectivity index (χ0) is 16.4. The molecule has 116 valence electrons. The summed E-state index contributed by atoms with van der Waals surface area (Å²) in [5.41, 5.74) is 3.15. The lowest BCUT2D eigenvalue weighted by Gasteiger charge is -2.06. The molecule has 6 heteroatoms.